The Bertz CT molecular complexity index is 549. The molecule has 1 amide bonds. The normalized spacial score (nSPS) is 13.9. The van der Waals surface area contributed by atoms with E-state index in [0.29, 0.717) is 13.1 Å². The number of carbonyl (C=O) groups is 1. The minimum Gasteiger partial charge on any atom is -0.378 e. The summed E-state index contributed by atoms with van der Waals surface area (Å²) in [5.74, 6) is -0.728. The highest BCUT2D eigenvalue weighted by Crippen LogP contribution is 2.30. The van der Waals surface area contributed by atoms with E-state index in [9.17, 15) is 19.3 Å². The van der Waals surface area contributed by atoms with Crippen LogP contribution in [-0.2, 0) is 4.79 Å². The van der Waals surface area contributed by atoms with Gasteiger partial charge in [-0.2, -0.15) is 0 Å². The molecule has 0 saturated heterocycles. The van der Waals surface area contributed by atoms with Crippen molar-refractivity contribution in [1.82, 2.24) is 5.32 Å². The largest absolute Gasteiger partial charge is 0.378 e. The van der Waals surface area contributed by atoms with Gasteiger partial charge in [0.05, 0.1) is 16.0 Å². The quantitative estimate of drug-likeness (QED) is 0.480. The molecule has 108 valence electrons. The van der Waals surface area contributed by atoms with E-state index in [0.717, 1.165) is 25.0 Å². The number of nitro groups is 1. The number of rotatable bonds is 6. The third-order valence-corrected chi connectivity index (χ3v) is 3.21. The zero-order valence-corrected chi connectivity index (χ0v) is 11.2. The number of nitrogens with one attached hydrogen (secondary N) is 2. The monoisotopic (exact) mass is 301 g/mol. The van der Waals surface area contributed by atoms with Crippen molar-refractivity contribution in [2.75, 3.05) is 18.4 Å². The van der Waals surface area contributed by atoms with E-state index >= 15 is 0 Å². The number of hydrogen-bond acceptors (Lipinski definition) is 4. The number of amides is 1. The predicted octanol–water partition coefficient (Wildman–Crippen LogP) is 2.33. The van der Waals surface area contributed by atoms with Gasteiger partial charge in [-0.3, -0.25) is 14.9 Å². The minimum atomic E-state index is -0.842. The SMILES string of the molecule is O=C(NCCNc1cc(Cl)c(F)cc1[N+](=O)[O-])C1CC1. The summed E-state index contributed by atoms with van der Waals surface area (Å²) in [6.45, 7) is 0.628. The molecule has 0 bridgehead atoms. The fourth-order valence-corrected chi connectivity index (χ4v) is 1.87. The number of nitrogens with zero attached hydrogens (tertiary/aromatic N) is 1. The van der Waals surface area contributed by atoms with Gasteiger partial charge in [-0.05, 0) is 18.9 Å². The lowest BCUT2D eigenvalue weighted by Crippen LogP contribution is -2.29. The molecule has 0 spiro atoms. The number of anilines is 1. The Morgan fingerprint density at radius 3 is 2.75 bits per heavy atom. The van der Waals surface area contributed by atoms with Crippen LogP contribution >= 0.6 is 11.6 Å². The molecule has 1 aliphatic rings. The first-order valence-electron chi connectivity index (χ1n) is 6.14. The molecule has 1 saturated carbocycles. The van der Waals surface area contributed by atoms with Crippen LogP contribution in [0.2, 0.25) is 5.02 Å². The van der Waals surface area contributed by atoms with Crippen LogP contribution in [0.4, 0.5) is 15.8 Å². The average Bonchev–Trinajstić information content (AvgIpc) is 3.22. The average molecular weight is 302 g/mol. The molecule has 20 heavy (non-hydrogen) atoms. The molecule has 8 heteroatoms. The van der Waals surface area contributed by atoms with Gasteiger partial charge >= 0.3 is 0 Å². The fourth-order valence-electron chi connectivity index (χ4n) is 1.70. The molecule has 0 radical (unpaired) electrons. The van der Waals surface area contributed by atoms with Crippen molar-refractivity contribution in [2.24, 2.45) is 5.92 Å². The summed E-state index contributed by atoms with van der Waals surface area (Å²) in [6.07, 6.45) is 1.83. The topological polar surface area (TPSA) is 84.3 Å². The Morgan fingerprint density at radius 2 is 2.15 bits per heavy atom. The number of carbonyl (C=O) groups excluding carboxylic acids is 1. The second-order valence-electron chi connectivity index (χ2n) is 4.53. The van der Waals surface area contributed by atoms with Gasteiger partial charge in [0.1, 0.15) is 11.5 Å². The third kappa shape index (κ3) is 3.57. The third-order valence-electron chi connectivity index (χ3n) is 2.92. The van der Waals surface area contributed by atoms with Crippen LogP contribution < -0.4 is 10.6 Å². The van der Waals surface area contributed by atoms with Crippen LogP contribution in [0.3, 0.4) is 0 Å². The van der Waals surface area contributed by atoms with Crippen LogP contribution in [-0.4, -0.2) is 23.9 Å². The summed E-state index contributed by atoms with van der Waals surface area (Å²) in [5, 5.41) is 16.1. The van der Waals surface area contributed by atoms with Crippen LogP contribution in [0.5, 0.6) is 0 Å². The Hall–Kier alpha value is -1.89. The van der Waals surface area contributed by atoms with Gasteiger partial charge in [-0.15, -0.1) is 0 Å². The minimum absolute atomic E-state index is 0.00145. The van der Waals surface area contributed by atoms with Crippen molar-refractivity contribution in [3.63, 3.8) is 0 Å². The molecular formula is C12H13ClFN3O3. The van der Waals surface area contributed by atoms with E-state index in [-0.39, 0.29) is 28.2 Å². The maximum Gasteiger partial charge on any atom is 0.295 e. The Kier molecular flexibility index (Phi) is 4.39. The standard InChI is InChI=1S/C12H13ClFN3O3/c13-8-5-10(11(17(19)20)6-9(8)14)15-3-4-16-12(18)7-1-2-7/h5-7,15H,1-4H2,(H,16,18). The van der Waals surface area contributed by atoms with Crippen molar-refractivity contribution >= 4 is 28.9 Å². The van der Waals surface area contributed by atoms with Crippen molar-refractivity contribution in [2.45, 2.75) is 12.8 Å². The predicted molar refractivity (Wildman–Crippen MR) is 72.3 cm³/mol. The van der Waals surface area contributed by atoms with Gasteiger partial charge in [0.2, 0.25) is 5.91 Å². The zero-order chi connectivity index (χ0) is 14.7. The molecule has 1 aromatic carbocycles. The summed E-state index contributed by atoms with van der Waals surface area (Å²) in [6, 6.07) is 1.94. The summed E-state index contributed by atoms with van der Waals surface area (Å²) in [7, 11) is 0. The highest BCUT2D eigenvalue weighted by molar-refractivity contribution is 6.31. The highest BCUT2D eigenvalue weighted by atomic mass is 35.5. The van der Waals surface area contributed by atoms with E-state index in [2.05, 4.69) is 10.6 Å². The van der Waals surface area contributed by atoms with Gasteiger partial charge in [0, 0.05) is 19.0 Å². The van der Waals surface area contributed by atoms with E-state index in [4.69, 9.17) is 11.6 Å². The second kappa shape index (κ2) is 6.04. The molecule has 0 unspecified atom stereocenters. The molecule has 2 N–H and O–H groups in total. The Balaban J connectivity index is 1.92. The molecule has 0 atom stereocenters. The number of hydrogen-bond donors (Lipinski definition) is 2. The lowest BCUT2D eigenvalue weighted by atomic mass is 10.2. The number of halogens is 2. The first-order valence-corrected chi connectivity index (χ1v) is 6.52. The first-order chi connectivity index (χ1) is 9.49. The lowest BCUT2D eigenvalue weighted by Gasteiger charge is -2.09. The maximum atomic E-state index is 13.2. The summed E-state index contributed by atoms with van der Waals surface area (Å²) in [4.78, 5) is 21.5. The first kappa shape index (κ1) is 14.5. The molecule has 1 fully saturated rings. The van der Waals surface area contributed by atoms with E-state index < -0.39 is 10.7 Å². The summed E-state index contributed by atoms with van der Waals surface area (Å²) in [5.41, 5.74) is -0.262. The Labute approximate surface area is 119 Å². The number of benzene rings is 1. The van der Waals surface area contributed by atoms with Crippen LogP contribution in [0, 0.1) is 21.8 Å². The smallest absolute Gasteiger partial charge is 0.295 e. The van der Waals surface area contributed by atoms with Gasteiger partial charge < -0.3 is 10.6 Å². The van der Waals surface area contributed by atoms with Crippen LogP contribution in [0.25, 0.3) is 0 Å². The van der Waals surface area contributed by atoms with Gasteiger partial charge in [-0.25, -0.2) is 4.39 Å². The summed E-state index contributed by atoms with van der Waals surface area (Å²) >= 11 is 5.60. The molecule has 1 aromatic rings. The Morgan fingerprint density at radius 1 is 1.45 bits per heavy atom. The molecule has 0 aromatic heterocycles. The van der Waals surface area contributed by atoms with E-state index in [1.807, 2.05) is 0 Å². The zero-order valence-electron chi connectivity index (χ0n) is 10.5. The molecular weight excluding hydrogens is 289 g/mol. The van der Waals surface area contributed by atoms with Crippen molar-refractivity contribution in [1.29, 1.82) is 0 Å². The van der Waals surface area contributed by atoms with Gasteiger partial charge in [-0.1, -0.05) is 11.6 Å². The van der Waals surface area contributed by atoms with Crippen molar-refractivity contribution in [3.8, 4) is 0 Å². The van der Waals surface area contributed by atoms with Crippen molar-refractivity contribution in [3.05, 3.63) is 33.1 Å². The molecule has 2 rings (SSSR count). The number of nitro benzene ring substituents is 1. The van der Waals surface area contributed by atoms with Gasteiger partial charge in [0.15, 0.2) is 0 Å². The molecule has 0 aliphatic heterocycles. The summed E-state index contributed by atoms with van der Waals surface area (Å²) < 4.78 is 13.2. The van der Waals surface area contributed by atoms with Gasteiger partial charge in [0.25, 0.3) is 5.69 Å². The molecule has 6 nitrogen and oxygen atoms in total. The van der Waals surface area contributed by atoms with Crippen LogP contribution in [0.15, 0.2) is 12.1 Å². The van der Waals surface area contributed by atoms with Crippen LogP contribution in [0.1, 0.15) is 12.8 Å². The fraction of sp³-hybridized carbons (Fsp3) is 0.417. The second-order valence-corrected chi connectivity index (χ2v) is 4.94. The molecule has 1 aliphatic carbocycles. The maximum absolute atomic E-state index is 13.2. The van der Waals surface area contributed by atoms with E-state index in [1.54, 1.807) is 0 Å². The molecule has 0 heterocycles. The van der Waals surface area contributed by atoms with Crippen molar-refractivity contribution < 1.29 is 14.1 Å². The van der Waals surface area contributed by atoms with E-state index in [1.165, 1.54) is 0 Å². The lowest BCUT2D eigenvalue weighted by molar-refractivity contribution is -0.384. The highest BCUT2D eigenvalue weighted by Gasteiger charge is 2.29.